The summed E-state index contributed by atoms with van der Waals surface area (Å²) in [4.78, 5) is 18.6. The Kier molecular flexibility index (Phi) is 8.69. The zero-order valence-corrected chi connectivity index (χ0v) is 24.7. The monoisotopic (exact) mass is 583 g/mol. The third-order valence-electron chi connectivity index (χ3n) is 6.86. The summed E-state index contributed by atoms with van der Waals surface area (Å²) in [7, 11) is 0. The second-order valence-electron chi connectivity index (χ2n) is 10.2. The van der Waals surface area contributed by atoms with Gasteiger partial charge in [0.1, 0.15) is 23.9 Å². The Labute approximate surface area is 249 Å². The Bertz CT molecular complexity index is 1830. The van der Waals surface area contributed by atoms with Gasteiger partial charge in [0.25, 0.3) is 5.56 Å². The van der Waals surface area contributed by atoms with Crippen molar-refractivity contribution in [2.45, 2.75) is 40.2 Å². The molecule has 0 unspecified atom stereocenters. The summed E-state index contributed by atoms with van der Waals surface area (Å²) in [6.45, 7) is 8.94. The van der Waals surface area contributed by atoms with Crippen LogP contribution in [0.1, 0.15) is 48.9 Å². The summed E-state index contributed by atoms with van der Waals surface area (Å²) in [5, 5.41) is 5.45. The summed E-state index contributed by atoms with van der Waals surface area (Å²) >= 11 is 6.51. The third kappa shape index (κ3) is 6.21. The minimum atomic E-state index is -0.303. The zero-order valence-electron chi connectivity index (χ0n) is 23.9. The van der Waals surface area contributed by atoms with E-state index in [2.05, 4.69) is 18.9 Å². The van der Waals surface area contributed by atoms with Gasteiger partial charge in [-0.05, 0) is 96.6 Å². The van der Waals surface area contributed by atoms with Crippen LogP contribution in [0.15, 0.2) is 88.8 Å². The number of hydrogen-bond acceptors (Lipinski definition) is 5. The standard InChI is InChI=1S/C34H31ClFN3O3/c1-5-41-32-16-22(4)28(18-27(32)21(2)3)33-38-30-9-7-6-8-26(30)34(40)39(33)37-19-24-12-15-31(29(35)17-24)42-20-23-10-13-25(36)14-11-23/h6-19,21H,5,20H2,1-4H3. The van der Waals surface area contributed by atoms with E-state index >= 15 is 0 Å². The van der Waals surface area contributed by atoms with E-state index in [-0.39, 0.29) is 23.9 Å². The Morgan fingerprint density at radius 1 is 1.00 bits per heavy atom. The van der Waals surface area contributed by atoms with Gasteiger partial charge in [0.05, 0.1) is 28.7 Å². The molecule has 1 heterocycles. The lowest BCUT2D eigenvalue weighted by Crippen LogP contribution is -2.20. The van der Waals surface area contributed by atoms with Crippen LogP contribution in [0.4, 0.5) is 4.39 Å². The quantitative estimate of drug-likeness (QED) is 0.164. The molecule has 0 saturated carbocycles. The molecule has 0 spiro atoms. The number of aromatic nitrogens is 2. The van der Waals surface area contributed by atoms with Crippen molar-refractivity contribution in [3.63, 3.8) is 0 Å². The number of para-hydroxylation sites is 1. The fourth-order valence-corrected chi connectivity index (χ4v) is 4.90. The van der Waals surface area contributed by atoms with Crippen molar-refractivity contribution in [3.8, 4) is 22.9 Å². The van der Waals surface area contributed by atoms with E-state index in [0.717, 1.165) is 28.0 Å². The summed E-state index contributed by atoms with van der Waals surface area (Å²) < 4.78 is 26.3. The topological polar surface area (TPSA) is 65.7 Å². The predicted molar refractivity (Wildman–Crippen MR) is 167 cm³/mol. The van der Waals surface area contributed by atoms with Gasteiger partial charge in [0.15, 0.2) is 5.82 Å². The van der Waals surface area contributed by atoms with Crippen molar-refractivity contribution in [1.82, 2.24) is 9.66 Å². The molecular weight excluding hydrogens is 553 g/mol. The molecule has 0 saturated heterocycles. The zero-order chi connectivity index (χ0) is 29.8. The molecule has 42 heavy (non-hydrogen) atoms. The number of ether oxygens (including phenoxy) is 2. The van der Waals surface area contributed by atoms with E-state index in [1.807, 2.05) is 44.2 Å². The van der Waals surface area contributed by atoms with E-state index in [9.17, 15) is 9.18 Å². The fourth-order valence-electron chi connectivity index (χ4n) is 4.66. The van der Waals surface area contributed by atoms with E-state index < -0.39 is 0 Å². The largest absolute Gasteiger partial charge is 0.494 e. The first kappa shape index (κ1) is 29.0. The summed E-state index contributed by atoms with van der Waals surface area (Å²) in [6, 6.07) is 22.6. The van der Waals surface area contributed by atoms with Crippen LogP contribution in [-0.4, -0.2) is 22.5 Å². The van der Waals surface area contributed by atoms with Crippen LogP contribution in [0, 0.1) is 12.7 Å². The van der Waals surface area contributed by atoms with E-state index in [1.54, 1.807) is 42.6 Å². The summed E-state index contributed by atoms with van der Waals surface area (Å²) in [6.07, 6.45) is 1.57. The second-order valence-corrected chi connectivity index (χ2v) is 10.6. The van der Waals surface area contributed by atoms with Gasteiger partial charge < -0.3 is 9.47 Å². The van der Waals surface area contributed by atoms with Gasteiger partial charge in [0.2, 0.25) is 0 Å². The van der Waals surface area contributed by atoms with Crippen LogP contribution in [0.2, 0.25) is 5.02 Å². The Hall–Kier alpha value is -4.49. The first-order chi connectivity index (χ1) is 20.2. The molecule has 0 fully saturated rings. The Morgan fingerprint density at radius 2 is 1.76 bits per heavy atom. The molecule has 214 valence electrons. The van der Waals surface area contributed by atoms with Crippen LogP contribution < -0.4 is 15.0 Å². The highest BCUT2D eigenvalue weighted by atomic mass is 35.5. The molecule has 1 aromatic heterocycles. The highest BCUT2D eigenvalue weighted by Crippen LogP contribution is 2.34. The number of aryl methyl sites for hydroxylation is 1. The average Bonchev–Trinajstić information content (AvgIpc) is 2.97. The lowest BCUT2D eigenvalue weighted by atomic mass is 9.96. The van der Waals surface area contributed by atoms with Gasteiger partial charge in [-0.2, -0.15) is 9.78 Å². The molecule has 8 heteroatoms. The first-order valence-corrected chi connectivity index (χ1v) is 14.1. The molecule has 0 N–H and O–H groups in total. The number of halogens is 2. The summed E-state index contributed by atoms with van der Waals surface area (Å²) in [5.41, 5.74) is 4.54. The van der Waals surface area contributed by atoms with Crippen molar-refractivity contribution in [2.75, 3.05) is 6.61 Å². The predicted octanol–water partition coefficient (Wildman–Crippen LogP) is 8.15. The van der Waals surface area contributed by atoms with Gasteiger partial charge in [-0.1, -0.05) is 49.7 Å². The van der Waals surface area contributed by atoms with Crippen LogP contribution in [0.5, 0.6) is 11.5 Å². The lowest BCUT2D eigenvalue weighted by molar-refractivity contribution is 0.306. The minimum absolute atomic E-state index is 0.195. The van der Waals surface area contributed by atoms with Crippen LogP contribution in [-0.2, 0) is 6.61 Å². The molecule has 0 radical (unpaired) electrons. The molecule has 4 aromatic carbocycles. The lowest BCUT2D eigenvalue weighted by Gasteiger charge is -2.18. The number of rotatable bonds is 9. The molecule has 0 aliphatic carbocycles. The molecule has 5 aromatic rings. The van der Waals surface area contributed by atoms with Crippen molar-refractivity contribution in [3.05, 3.63) is 122 Å². The SMILES string of the molecule is CCOc1cc(C)c(-c2nc3ccccc3c(=O)n2N=Cc2ccc(OCc3ccc(F)cc3)c(Cl)c2)cc1C(C)C. The third-order valence-corrected chi connectivity index (χ3v) is 7.15. The highest BCUT2D eigenvalue weighted by Gasteiger charge is 2.18. The molecule has 0 bridgehead atoms. The molecule has 0 aliphatic rings. The van der Waals surface area contributed by atoms with Crippen molar-refractivity contribution in [2.24, 2.45) is 5.10 Å². The van der Waals surface area contributed by atoms with E-state index in [0.29, 0.717) is 39.7 Å². The number of fused-ring (bicyclic) bond motifs is 1. The number of nitrogens with zero attached hydrogens (tertiary/aromatic N) is 3. The van der Waals surface area contributed by atoms with Gasteiger partial charge in [0, 0.05) is 5.56 Å². The van der Waals surface area contributed by atoms with Gasteiger partial charge >= 0.3 is 0 Å². The van der Waals surface area contributed by atoms with Crippen LogP contribution >= 0.6 is 11.6 Å². The van der Waals surface area contributed by atoms with Crippen molar-refractivity contribution >= 4 is 28.7 Å². The van der Waals surface area contributed by atoms with E-state index in [1.165, 1.54) is 16.8 Å². The maximum absolute atomic E-state index is 13.7. The molecule has 5 rings (SSSR count). The maximum Gasteiger partial charge on any atom is 0.282 e. The Balaban J connectivity index is 1.53. The number of hydrogen-bond donors (Lipinski definition) is 0. The van der Waals surface area contributed by atoms with Gasteiger partial charge in [-0.3, -0.25) is 4.79 Å². The molecule has 0 amide bonds. The molecule has 6 nitrogen and oxygen atoms in total. The van der Waals surface area contributed by atoms with Gasteiger partial charge in [-0.25, -0.2) is 9.37 Å². The minimum Gasteiger partial charge on any atom is -0.494 e. The molecule has 0 atom stereocenters. The summed E-state index contributed by atoms with van der Waals surface area (Å²) in [5.74, 6) is 1.63. The highest BCUT2D eigenvalue weighted by molar-refractivity contribution is 6.32. The second kappa shape index (κ2) is 12.6. The Morgan fingerprint density at radius 3 is 2.48 bits per heavy atom. The van der Waals surface area contributed by atoms with Crippen LogP contribution in [0.3, 0.4) is 0 Å². The average molecular weight is 584 g/mol. The fraction of sp³-hybridized carbons (Fsp3) is 0.206. The van der Waals surface area contributed by atoms with Gasteiger partial charge in [-0.15, -0.1) is 0 Å². The van der Waals surface area contributed by atoms with Crippen molar-refractivity contribution in [1.29, 1.82) is 0 Å². The van der Waals surface area contributed by atoms with Crippen molar-refractivity contribution < 1.29 is 13.9 Å². The molecule has 0 aliphatic heterocycles. The maximum atomic E-state index is 13.7. The smallest absolute Gasteiger partial charge is 0.282 e. The van der Waals surface area contributed by atoms with E-state index in [4.69, 9.17) is 26.1 Å². The molecular formula is C34H31ClFN3O3. The van der Waals surface area contributed by atoms with Crippen LogP contribution in [0.25, 0.3) is 22.3 Å². The normalized spacial score (nSPS) is 11.5. The number of benzene rings is 4. The first-order valence-electron chi connectivity index (χ1n) is 13.8.